The van der Waals surface area contributed by atoms with Gasteiger partial charge < -0.3 is 4.90 Å². The molecule has 8 heteroatoms. The van der Waals surface area contributed by atoms with Crippen LogP contribution in [0.15, 0.2) is 18.6 Å². The van der Waals surface area contributed by atoms with E-state index in [0.717, 1.165) is 19.0 Å². The molecule has 1 aliphatic heterocycles. The SMILES string of the molecule is O=C(c1ncc(F)cc1F)N1CCCC[C@H]1c1ncn[nH]1. The van der Waals surface area contributed by atoms with Gasteiger partial charge in [0.1, 0.15) is 18.0 Å². The van der Waals surface area contributed by atoms with Crippen LogP contribution in [0.3, 0.4) is 0 Å². The Labute approximate surface area is 119 Å². The molecule has 1 atom stereocenters. The van der Waals surface area contributed by atoms with Crippen molar-refractivity contribution in [2.75, 3.05) is 6.54 Å². The van der Waals surface area contributed by atoms with Gasteiger partial charge in [0, 0.05) is 12.6 Å². The lowest BCUT2D eigenvalue weighted by atomic mass is 10.0. The van der Waals surface area contributed by atoms with Crippen molar-refractivity contribution in [2.24, 2.45) is 0 Å². The Hall–Kier alpha value is -2.38. The summed E-state index contributed by atoms with van der Waals surface area (Å²) in [5.41, 5.74) is -0.372. The van der Waals surface area contributed by atoms with E-state index in [1.807, 2.05) is 0 Å². The maximum absolute atomic E-state index is 13.7. The van der Waals surface area contributed by atoms with Gasteiger partial charge in [0.05, 0.1) is 12.2 Å². The highest BCUT2D eigenvalue weighted by Gasteiger charge is 2.32. The second kappa shape index (κ2) is 5.55. The van der Waals surface area contributed by atoms with E-state index in [-0.39, 0.29) is 11.7 Å². The van der Waals surface area contributed by atoms with Crippen molar-refractivity contribution in [3.8, 4) is 0 Å². The molecule has 0 bridgehead atoms. The van der Waals surface area contributed by atoms with Crippen LogP contribution in [0, 0.1) is 11.6 Å². The van der Waals surface area contributed by atoms with Crippen molar-refractivity contribution < 1.29 is 13.6 Å². The number of carbonyl (C=O) groups excluding carboxylic acids is 1. The second-order valence-electron chi connectivity index (χ2n) is 4.86. The van der Waals surface area contributed by atoms with Crippen molar-refractivity contribution in [1.29, 1.82) is 0 Å². The minimum Gasteiger partial charge on any atom is -0.327 e. The lowest BCUT2D eigenvalue weighted by molar-refractivity contribution is 0.0588. The van der Waals surface area contributed by atoms with E-state index in [0.29, 0.717) is 24.9 Å². The lowest BCUT2D eigenvalue weighted by Gasteiger charge is -2.34. The molecule has 3 rings (SSSR count). The highest BCUT2D eigenvalue weighted by molar-refractivity contribution is 5.92. The van der Waals surface area contributed by atoms with Crippen molar-refractivity contribution in [2.45, 2.75) is 25.3 Å². The minimum atomic E-state index is -0.957. The molecule has 0 unspecified atom stereocenters. The number of hydrogen-bond donors (Lipinski definition) is 1. The summed E-state index contributed by atoms with van der Waals surface area (Å²) in [4.78, 5) is 21.6. The summed E-state index contributed by atoms with van der Waals surface area (Å²) in [6.45, 7) is 0.475. The van der Waals surface area contributed by atoms with E-state index in [4.69, 9.17) is 0 Å². The van der Waals surface area contributed by atoms with Crippen LogP contribution in [-0.4, -0.2) is 37.5 Å². The molecule has 0 saturated carbocycles. The number of nitrogens with one attached hydrogen (secondary N) is 1. The fraction of sp³-hybridized carbons (Fsp3) is 0.385. The number of pyridine rings is 1. The number of nitrogens with zero attached hydrogens (tertiary/aromatic N) is 4. The number of rotatable bonds is 2. The molecule has 2 aromatic rings. The molecule has 1 saturated heterocycles. The van der Waals surface area contributed by atoms with Crippen LogP contribution in [-0.2, 0) is 0 Å². The van der Waals surface area contributed by atoms with Gasteiger partial charge in [0.15, 0.2) is 11.5 Å². The quantitative estimate of drug-likeness (QED) is 0.917. The molecule has 1 aliphatic rings. The number of H-pyrrole nitrogens is 1. The van der Waals surface area contributed by atoms with E-state index < -0.39 is 17.5 Å². The molecule has 0 spiro atoms. The third kappa shape index (κ3) is 2.61. The van der Waals surface area contributed by atoms with E-state index in [1.54, 1.807) is 0 Å². The lowest BCUT2D eigenvalue weighted by Crippen LogP contribution is -2.39. The van der Waals surface area contributed by atoms with Crippen molar-refractivity contribution in [3.05, 3.63) is 41.7 Å². The fourth-order valence-electron chi connectivity index (χ4n) is 2.54. The summed E-state index contributed by atoms with van der Waals surface area (Å²) in [6.07, 6.45) is 4.67. The van der Waals surface area contributed by atoms with Crippen LogP contribution in [0.25, 0.3) is 0 Å². The summed E-state index contributed by atoms with van der Waals surface area (Å²) in [7, 11) is 0. The first-order chi connectivity index (χ1) is 10.2. The average Bonchev–Trinajstić information content (AvgIpc) is 3.01. The molecule has 110 valence electrons. The molecule has 2 aromatic heterocycles. The van der Waals surface area contributed by atoms with Crippen molar-refractivity contribution in [3.63, 3.8) is 0 Å². The van der Waals surface area contributed by atoms with Crippen LogP contribution < -0.4 is 0 Å². The maximum atomic E-state index is 13.7. The van der Waals surface area contributed by atoms with E-state index in [1.165, 1.54) is 11.2 Å². The summed E-state index contributed by atoms with van der Waals surface area (Å²) in [5, 5.41) is 6.52. The Balaban J connectivity index is 1.91. The van der Waals surface area contributed by atoms with Crippen LogP contribution in [0.5, 0.6) is 0 Å². The number of aromatic nitrogens is 4. The van der Waals surface area contributed by atoms with E-state index >= 15 is 0 Å². The normalized spacial score (nSPS) is 18.8. The van der Waals surface area contributed by atoms with Gasteiger partial charge in [-0.05, 0) is 19.3 Å². The van der Waals surface area contributed by atoms with Gasteiger partial charge in [0.2, 0.25) is 0 Å². The van der Waals surface area contributed by atoms with Crippen molar-refractivity contribution in [1.82, 2.24) is 25.1 Å². The number of piperidine rings is 1. The molecule has 1 fully saturated rings. The monoisotopic (exact) mass is 293 g/mol. The van der Waals surface area contributed by atoms with Gasteiger partial charge in [-0.1, -0.05) is 0 Å². The molecule has 21 heavy (non-hydrogen) atoms. The van der Waals surface area contributed by atoms with Gasteiger partial charge in [-0.2, -0.15) is 5.10 Å². The first-order valence-corrected chi connectivity index (χ1v) is 6.64. The molecule has 1 N–H and O–H groups in total. The summed E-state index contributed by atoms with van der Waals surface area (Å²) >= 11 is 0. The third-order valence-electron chi connectivity index (χ3n) is 3.52. The molecular formula is C13H13F2N5O. The van der Waals surface area contributed by atoms with Crippen LogP contribution in [0.1, 0.15) is 41.6 Å². The zero-order valence-electron chi connectivity index (χ0n) is 11.1. The average molecular weight is 293 g/mol. The van der Waals surface area contributed by atoms with Crippen LogP contribution in [0.4, 0.5) is 8.78 Å². The molecule has 3 heterocycles. The number of hydrogen-bond acceptors (Lipinski definition) is 4. The highest BCUT2D eigenvalue weighted by Crippen LogP contribution is 2.29. The minimum absolute atomic E-state index is 0.292. The second-order valence-corrected chi connectivity index (χ2v) is 4.86. The standard InChI is InChI=1S/C13H13F2N5O/c14-8-5-9(15)11(16-6-8)13(21)20-4-2-1-3-10(20)12-17-7-18-19-12/h5-7,10H,1-4H2,(H,17,18,19)/t10-/m0/s1. The first kappa shape index (κ1) is 13.6. The Morgan fingerprint density at radius 3 is 2.90 bits per heavy atom. The smallest absolute Gasteiger partial charge is 0.276 e. The van der Waals surface area contributed by atoms with Gasteiger partial charge in [0.25, 0.3) is 5.91 Å². The molecule has 6 nitrogen and oxygen atoms in total. The largest absolute Gasteiger partial charge is 0.327 e. The molecule has 1 amide bonds. The Morgan fingerprint density at radius 1 is 1.33 bits per heavy atom. The maximum Gasteiger partial charge on any atom is 0.276 e. The molecule has 0 aromatic carbocycles. The molecule has 0 radical (unpaired) electrons. The number of halogens is 2. The highest BCUT2D eigenvalue weighted by atomic mass is 19.1. The molecule has 0 aliphatic carbocycles. The number of amides is 1. The van der Waals surface area contributed by atoms with Crippen molar-refractivity contribution >= 4 is 5.91 Å². The van der Waals surface area contributed by atoms with E-state index in [9.17, 15) is 13.6 Å². The first-order valence-electron chi connectivity index (χ1n) is 6.64. The Kier molecular flexibility index (Phi) is 3.59. The zero-order chi connectivity index (χ0) is 14.8. The van der Waals surface area contributed by atoms with Crippen LogP contribution in [0.2, 0.25) is 0 Å². The van der Waals surface area contributed by atoms with Gasteiger partial charge >= 0.3 is 0 Å². The summed E-state index contributed by atoms with van der Waals surface area (Å²) < 4.78 is 26.6. The topological polar surface area (TPSA) is 74.8 Å². The fourth-order valence-corrected chi connectivity index (χ4v) is 2.54. The van der Waals surface area contributed by atoms with Crippen LogP contribution >= 0.6 is 0 Å². The summed E-state index contributed by atoms with van der Waals surface area (Å²) in [6, 6.07) is 0.369. The van der Waals surface area contributed by atoms with Gasteiger partial charge in [-0.25, -0.2) is 18.7 Å². The number of carbonyl (C=O) groups is 1. The van der Waals surface area contributed by atoms with Gasteiger partial charge in [-0.15, -0.1) is 0 Å². The Bertz CT molecular complexity index is 646. The number of likely N-dealkylation sites (tertiary alicyclic amines) is 1. The summed E-state index contributed by atoms with van der Waals surface area (Å²) in [5.74, 6) is -1.77. The number of aromatic amines is 1. The predicted octanol–water partition coefficient (Wildman–Crippen LogP) is 1.85. The zero-order valence-corrected chi connectivity index (χ0v) is 11.1. The predicted molar refractivity (Wildman–Crippen MR) is 68.2 cm³/mol. The Morgan fingerprint density at radius 2 is 2.19 bits per heavy atom. The molecular weight excluding hydrogens is 280 g/mol. The third-order valence-corrected chi connectivity index (χ3v) is 3.52. The van der Waals surface area contributed by atoms with E-state index in [2.05, 4.69) is 20.2 Å². The van der Waals surface area contributed by atoms with Gasteiger partial charge in [-0.3, -0.25) is 9.89 Å².